The first-order valence-electron chi connectivity index (χ1n) is 5.99. The zero-order valence-corrected chi connectivity index (χ0v) is 10.4. The molecule has 1 saturated heterocycles. The van der Waals surface area contributed by atoms with E-state index in [0.29, 0.717) is 25.0 Å². The van der Waals surface area contributed by atoms with Crippen LogP contribution in [-0.2, 0) is 10.3 Å². The van der Waals surface area contributed by atoms with Gasteiger partial charge in [-0.2, -0.15) is 0 Å². The molecule has 1 heterocycles. The summed E-state index contributed by atoms with van der Waals surface area (Å²) in [7, 11) is 0. The smallest absolute Gasteiger partial charge is 0.406 e. The molecule has 106 valence electrons. The first-order valence-corrected chi connectivity index (χ1v) is 5.99. The third-order valence-corrected chi connectivity index (χ3v) is 3.15. The number of hydrogen-bond acceptors (Lipinski definition) is 3. The van der Waals surface area contributed by atoms with E-state index in [2.05, 4.69) is 4.74 Å². The lowest BCUT2D eigenvalue weighted by atomic mass is 9.84. The second kappa shape index (κ2) is 5.02. The monoisotopic (exact) mass is 276 g/mol. The van der Waals surface area contributed by atoms with E-state index in [1.165, 1.54) is 18.2 Å². The maximum Gasteiger partial charge on any atom is 0.573 e. The van der Waals surface area contributed by atoms with Crippen LogP contribution >= 0.6 is 0 Å². The van der Waals surface area contributed by atoms with Crippen LogP contribution in [0.25, 0.3) is 0 Å². The van der Waals surface area contributed by atoms with Crippen LogP contribution in [0.5, 0.6) is 5.75 Å². The van der Waals surface area contributed by atoms with Crippen LogP contribution in [0.15, 0.2) is 24.3 Å². The van der Waals surface area contributed by atoms with Gasteiger partial charge in [0.1, 0.15) is 5.75 Å². The number of aliphatic hydroxyl groups is 1. The minimum absolute atomic E-state index is 0.133. The zero-order chi connectivity index (χ0) is 14.1. The second-order valence-electron chi connectivity index (χ2n) is 4.74. The summed E-state index contributed by atoms with van der Waals surface area (Å²) in [5.41, 5.74) is -0.743. The molecule has 3 nitrogen and oxygen atoms in total. The Morgan fingerprint density at radius 2 is 2.16 bits per heavy atom. The number of halogens is 3. The van der Waals surface area contributed by atoms with Crippen LogP contribution in [0.1, 0.15) is 25.3 Å². The van der Waals surface area contributed by atoms with Gasteiger partial charge in [-0.25, -0.2) is 0 Å². The van der Waals surface area contributed by atoms with Gasteiger partial charge in [0, 0.05) is 12.8 Å². The molecule has 0 bridgehead atoms. The number of hydrogen-bond donors (Lipinski definition) is 1. The van der Waals surface area contributed by atoms with Gasteiger partial charge in [-0.1, -0.05) is 12.1 Å². The summed E-state index contributed by atoms with van der Waals surface area (Å²) in [4.78, 5) is 0. The average molecular weight is 276 g/mol. The van der Waals surface area contributed by atoms with Gasteiger partial charge in [0.05, 0.1) is 18.3 Å². The molecular weight excluding hydrogens is 261 g/mol. The molecule has 1 N–H and O–H groups in total. The molecule has 1 aromatic rings. The van der Waals surface area contributed by atoms with Gasteiger partial charge in [0.2, 0.25) is 0 Å². The zero-order valence-electron chi connectivity index (χ0n) is 10.4. The van der Waals surface area contributed by atoms with Gasteiger partial charge in [-0.3, -0.25) is 0 Å². The highest BCUT2D eigenvalue weighted by atomic mass is 19.4. The lowest BCUT2D eigenvalue weighted by Gasteiger charge is -2.36. The number of rotatable bonds is 2. The van der Waals surface area contributed by atoms with E-state index in [1.54, 1.807) is 6.07 Å². The first kappa shape index (κ1) is 14.1. The first-order chi connectivity index (χ1) is 8.78. The molecule has 1 aliphatic rings. The summed E-state index contributed by atoms with van der Waals surface area (Å²) < 4.78 is 45.7. The van der Waals surface area contributed by atoms with E-state index >= 15 is 0 Å². The quantitative estimate of drug-likeness (QED) is 0.902. The maximum absolute atomic E-state index is 12.2. The molecule has 0 saturated carbocycles. The van der Waals surface area contributed by atoms with E-state index in [1.807, 2.05) is 6.92 Å². The highest BCUT2D eigenvalue weighted by molar-refractivity contribution is 5.33. The van der Waals surface area contributed by atoms with Crippen molar-refractivity contribution in [3.63, 3.8) is 0 Å². The summed E-state index contributed by atoms with van der Waals surface area (Å²) in [5, 5.41) is 10.5. The van der Waals surface area contributed by atoms with Gasteiger partial charge in [-0.15, -0.1) is 13.2 Å². The maximum atomic E-state index is 12.2. The lowest BCUT2D eigenvalue weighted by molar-refractivity contribution is -0.274. The van der Waals surface area contributed by atoms with E-state index in [-0.39, 0.29) is 11.9 Å². The Morgan fingerprint density at radius 1 is 1.42 bits per heavy atom. The Bertz CT molecular complexity index is 447. The molecular formula is C13H15F3O3. The fourth-order valence-electron chi connectivity index (χ4n) is 2.31. The van der Waals surface area contributed by atoms with Crippen molar-refractivity contribution in [2.24, 2.45) is 0 Å². The molecule has 0 radical (unpaired) electrons. The normalized spacial score (nSPS) is 28.2. The minimum atomic E-state index is -4.73. The van der Waals surface area contributed by atoms with Crippen LogP contribution in [-0.4, -0.2) is 24.2 Å². The molecule has 6 heteroatoms. The summed E-state index contributed by atoms with van der Waals surface area (Å²) >= 11 is 0. The van der Waals surface area contributed by atoms with Gasteiger partial charge in [0.15, 0.2) is 0 Å². The van der Waals surface area contributed by atoms with Crippen LogP contribution in [0.4, 0.5) is 13.2 Å². The molecule has 0 aliphatic carbocycles. The van der Waals surface area contributed by atoms with Gasteiger partial charge in [0.25, 0.3) is 0 Å². The third-order valence-electron chi connectivity index (χ3n) is 3.15. The Balaban J connectivity index is 2.22. The molecule has 2 atom stereocenters. The van der Waals surface area contributed by atoms with Gasteiger partial charge >= 0.3 is 6.36 Å². The molecule has 19 heavy (non-hydrogen) atoms. The Hall–Kier alpha value is -1.27. The molecule has 0 amide bonds. The molecule has 0 aromatic heterocycles. The molecule has 2 unspecified atom stereocenters. The number of ether oxygens (including phenoxy) is 2. The summed E-state index contributed by atoms with van der Waals surface area (Å²) in [6, 6.07) is 5.48. The molecule has 1 fully saturated rings. The van der Waals surface area contributed by atoms with Gasteiger partial charge < -0.3 is 14.6 Å². The summed E-state index contributed by atoms with van der Waals surface area (Å²) in [6.45, 7) is 2.20. The van der Waals surface area contributed by atoms with Crippen molar-refractivity contribution < 1.29 is 27.8 Å². The lowest BCUT2D eigenvalue weighted by Crippen LogP contribution is -2.37. The summed E-state index contributed by atoms with van der Waals surface area (Å²) in [5.74, 6) is -0.322. The van der Waals surface area contributed by atoms with Crippen molar-refractivity contribution in [1.29, 1.82) is 0 Å². The summed E-state index contributed by atoms with van der Waals surface area (Å²) in [6.07, 6.45) is -4.16. The SMILES string of the molecule is CC1CC(O)(c2cccc(OC(F)(F)F)c2)CCO1. The fraction of sp³-hybridized carbons (Fsp3) is 0.538. The van der Waals surface area contributed by atoms with Crippen LogP contribution < -0.4 is 4.74 Å². The number of benzene rings is 1. The highest BCUT2D eigenvalue weighted by Gasteiger charge is 2.36. The van der Waals surface area contributed by atoms with Gasteiger partial charge in [-0.05, 0) is 24.6 Å². The molecule has 2 rings (SSSR count). The molecule has 1 aliphatic heterocycles. The Labute approximate surface area is 108 Å². The van der Waals surface area contributed by atoms with E-state index in [4.69, 9.17) is 4.74 Å². The molecule has 0 spiro atoms. The molecule has 1 aromatic carbocycles. The van der Waals surface area contributed by atoms with E-state index < -0.39 is 12.0 Å². The Morgan fingerprint density at radius 3 is 2.79 bits per heavy atom. The number of alkyl halides is 3. The topological polar surface area (TPSA) is 38.7 Å². The van der Waals surface area contributed by atoms with E-state index in [9.17, 15) is 18.3 Å². The van der Waals surface area contributed by atoms with Crippen molar-refractivity contribution in [1.82, 2.24) is 0 Å². The second-order valence-corrected chi connectivity index (χ2v) is 4.74. The Kier molecular flexibility index (Phi) is 3.73. The van der Waals surface area contributed by atoms with Crippen molar-refractivity contribution in [3.8, 4) is 5.75 Å². The predicted molar refractivity (Wildman–Crippen MR) is 61.7 cm³/mol. The standard InChI is InChI=1S/C13H15F3O3/c1-9-8-12(17,5-6-18-9)10-3-2-4-11(7-10)19-13(14,15)16/h2-4,7,9,17H,5-6,8H2,1H3. The highest BCUT2D eigenvalue weighted by Crippen LogP contribution is 2.36. The van der Waals surface area contributed by atoms with Crippen molar-refractivity contribution in [3.05, 3.63) is 29.8 Å². The average Bonchev–Trinajstić information content (AvgIpc) is 2.26. The van der Waals surface area contributed by atoms with Crippen LogP contribution in [0, 0.1) is 0 Å². The predicted octanol–water partition coefficient (Wildman–Crippen LogP) is 2.97. The fourth-order valence-corrected chi connectivity index (χ4v) is 2.31. The van der Waals surface area contributed by atoms with Crippen molar-refractivity contribution in [2.45, 2.75) is 37.8 Å². The third kappa shape index (κ3) is 3.61. The van der Waals surface area contributed by atoms with Crippen LogP contribution in [0.2, 0.25) is 0 Å². The van der Waals surface area contributed by atoms with Crippen molar-refractivity contribution >= 4 is 0 Å². The van der Waals surface area contributed by atoms with E-state index in [0.717, 1.165) is 0 Å². The largest absolute Gasteiger partial charge is 0.573 e. The van der Waals surface area contributed by atoms with Crippen LogP contribution in [0.3, 0.4) is 0 Å². The minimum Gasteiger partial charge on any atom is -0.406 e. The van der Waals surface area contributed by atoms with Crippen molar-refractivity contribution in [2.75, 3.05) is 6.61 Å².